The fourth-order valence-electron chi connectivity index (χ4n) is 3.83. The minimum absolute atomic E-state index is 0.194. The maximum atomic E-state index is 13.6. The predicted octanol–water partition coefficient (Wildman–Crippen LogP) is 3.85. The monoisotopic (exact) mass is 403 g/mol. The van der Waals surface area contributed by atoms with E-state index in [1.165, 1.54) is 12.1 Å². The van der Waals surface area contributed by atoms with E-state index in [-0.39, 0.29) is 17.3 Å². The van der Waals surface area contributed by atoms with Crippen molar-refractivity contribution in [3.8, 4) is 22.6 Å². The van der Waals surface area contributed by atoms with Crippen LogP contribution in [0.25, 0.3) is 22.0 Å². The molecule has 1 aliphatic heterocycles. The minimum Gasteiger partial charge on any atom is -0.494 e. The Bertz CT molecular complexity index is 1300. The second kappa shape index (κ2) is 7.26. The molecule has 0 bridgehead atoms. The number of H-pyrrole nitrogens is 1. The summed E-state index contributed by atoms with van der Waals surface area (Å²) in [6, 6.07) is 11.9. The molecule has 30 heavy (non-hydrogen) atoms. The molecule has 3 heterocycles. The first-order valence-corrected chi connectivity index (χ1v) is 9.56. The van der Waals surface area contributed by atoms with Crippen molar-refractivity contribution in [2.75, 3.05) is 13.7 Å². The van der Waals surface area contributed by atoms with E-state index in [2.05, 4.69) is 9.97 Å². The number of nitrogens with zero attached hydrogens (tertiary/aromatic N) is 2. The van der Waals surface area contributed by atoms with Crippen LogP contribution in [0.4, 0.5) is 4.39 Å². The quantitative estimate of drug-likeness (QED) is 0.562. The summed E-state index contributed by atoms with van der Waals surface area (Å²) in [7, 11) is 1.55. The number of hydrogen-bond acceptors (Lipinski definition) is 5. The number of aromatic amines is 1. The fourth-order valence-corrected chi connectivity index (χ4v) is 3.83. The molecule has 6 nitrogen and oxygen atoms in total. The number of benzene rings is 2. The molecule has 0 aliphatic carbocycles. The highest BCUT2D eigenvalue weighted by Gasteiger charge is 2.25. The van der Waals surface area contributed by atoms with E-state index < -0.39 is 0 Å². The summed E-state index contributed by atoms with van der Waals surface area (Å²) in [4.78, 5) is 24.5. The van der Waals surface area contributed by atoms with Gasteiger partial charge in [-0.1, -0.05) is 0 Å². The third-order valence-corrected chi connectivity index (χ3v) is 5.34. The molecule has 2 aromatic carbocycles. The highest BCUT2D eigenvalue weighted by atomic mass is 19.1. The Morgan fingerprint density at radius 2 is 1.97 bits per heavy atom. The van der Waals surface area contributed by atoms with Gasteiger partial charge >= 0.3 is 0 Å². The number of rotatable bonds is 3. The topological polar surface area (TPSA) is 77.1 Å². The number of aromatic nitrogens is 3. The van der Waals surface area contributed by atoms with E-state index in [0.717, 1.165) is 16.7 Å². The number of pyridine rings is 1. The lowest BCUT2D eigenvalue weighted by molar-refractivity contribution is 0.257. The Balaban J connectivity index is 1.60. The zero-order valence-corrected chi connectivity index (χ0v) is 16.2. The zero-order valence-electron chi connectivity index (χ0n) is 16.2. The van der Waals surface area contributed by atoms with Crippen molar-refractivity contribution in [3.63, 3.8) is 0 Å². The Morgan fingerprint density at radius 1 is 1.13 bits per heavy atom. The number of fused-ring (bicyclic) bond motifs is 2. The van der Waals surface area contributed by atoms with Gasteiger partial charge in [-0.15, -0.1) is 0 Å². The summed E-state index contributed by atoms with van der Waals surface area (Å²) in [5, 5.41) is 0.438. The fraction of sp³-hybridized carbons (Fsp3) is 0.174. The number of hydrogen-bond donors (Lipinski definition) is 1. The molecule has 0 fully saturated rings. The third-order valence-electron chi connectivity index (χ3n) is 5.34. The molecule has 0 spiro atoms. The van der Waals surface area contributed by atoms with E-state index >= 15 is 0 Å². The molecule has 1 aliphatic rings. The van der Waals surface area contributed by atoms with E-state index in [4.69, 9.17) is 14.5 Å². The molecule has 1 N–H and O–H groups in total. The maximum absolute atomic E-state index is 13.6. The summed E-state index contributed by atoms with van der Waals surface area (Å²) >= 11 is 0. The van der Waals surface area contributed by atoms with Crippen LogP contribution >= 0.6 is 0 Å². The molecule has 0 saturated heterocycles. The Labute approximate surface area is 171 Å². The summed E-state index contributed by atoms with van der Waals surface area (Å²) in [5.74, 6) is 1.16. The Morgan fingerprint density at radius 3 is 2.77 bits per heavy atom. The normalized spacial score (nSPS) is 15.5. The van der Waals surface area contributed by atoms with Gasteiger partial charge in [0.1, 0.15) is 28.7 Å². The van der Waals surface area contributed by atoms with Crippen molar-refractivity contribution < 1.29 is 13.9 Å². The maximum Gasteiger partial charge on any atom is 0.258 e. The average Bonchev–Trinajstić information content (AvgIpc) is 2.78. The van der Waals surface area contributed by atoms with E-state index in [9.17, 15) is 9.18 Å². The molecule has 2 aromatic heterocycles. The van der Waals surface area contributed by atoms with Crippen molar-refractivity contribution >= 4 is 10.9 Å². The molecule has 0 saturated carbocycles. The van der Waals surface area contributed by atoms with E-state index in [1.807, 2.05) is 18.2 Å². The highest BCUT2D eigenvalue weighted by Crippen LogP contribution is 2.34. The number of methoxy groups -OCH3 is 1. The predicted molar refractivity (Wildman–Crippen MR) is 110 cm³/mol. The van der Waals surface area contributed by atoms with Crippen LogP contribution in [0.15, 0.2) is 59.7 Å². The van der Waals surface area contributed by atoms with Crippen molar-refractivity contribution in [1.29, 1.82) is 0 Å². The molecular formula is C23H18FN3O3. The highest BCUT2D eigenvalue weighted by molar-refractivity contribution is 5.89. The van der Waals surface area contributed by atoms with Gasteiger partial charge in [0.25, 0.3) is 5.56 Å². The first-order valence-electron chi connectivity index (χ1n) is 9.56. The standard InChI is InChI=1S/C23H18FN3O3/c1-29-20-11-14(13-4-6-25-7-5-13)10-18-21(20)26-22(27-23(18)28)16-8-15-9-17(24)2-3-19(15)30-12-16/h2-7,9-11,16H,8,12H2,1H3,(H,26,27,28). The van der Waals surface area contributed by atoms with Gasteiger partial charge in [0, 0.05) is 12.4 Å². The summed E-state index contributed by atoms with van der Waals surface area (Å²) in [6.45, 7) is 0.352. The molecule has 5 rings (SSSR count). The van der Waals surface area contributed by atoms with Crippen LogP contribution < -0.4 is 15.0 Å². The lowest BCUT2D eigenvalue weighted by Gasteiger charge is -2.25. The van der Waals surface area contributed by atoms with Crippen LogP contribution in [-0.2, 0) is 6.42 Å². The third kappa shape index (κ3) is 3.18. The smallest absolute Gasteiger partial charge is 0.258 e. The van der Waals surface area contributed by atoms with Crippen molar-refractivity contribution in [2.24, 2.45) is 0 Å². The summed E-state index contributed by atoms with van der Waals surface area (Å²) < 4.78 is 24.9. The van der Waals surface area contributed by atoms with Crippen molar-refractivity contribution in [3.05, 3.63) is 82.4 Å². The van der Waals surface area contributed by atoms with Crippen LogP contribution in [-0.4, -0.2) is 28.7 Å². The molecule has 0 radical (unpaired) electrons. The number of nitrogens with one attached hydrogen (secondary N) is 1. The van der Waals surface area contributed by atoms with E-state index in [0.29, 0.717) is 41.3 Å². The van der Waals surface area contributed by atoms with Gasteiger partial charge in [-0.2, -0.15) is 0 Å². The number of ether oxygens (including phenoxy) is 2. The molecule has 1 atom stereocenters. The molecule has 4 aromatic rings. The van der Waals surface area contributed by atoms with Crippen LogP contribution in [0.1, 0.15) is 17.3 Å². The Kier molecular flexibility index (Phi) is 4.43. The van der Waals surface area contributed by atoms with Gasteiger partial charge in [0.05, 0.1) is 25.0 Å². The average molecular weight is 403 g/mol. The SMILES string of the molecule is COc1cc(-c2ccncc2)cc2c(=O)[nH]c(C3COc4ccc(F)cc4C3)nc12. The van der Waals surface area contributed by atoms with Gasteiger partial charge in [-0.05, 0) is 65.6 Å². The van der Waals surface area contributed by atoms with Gasteiger partial charge in [-0.3, -0.25) is 9.78 Å². The van der Waals surface area contributed by atoms with Crippen LogP contribution in [0, 0.1) is 5.82 Å². The minimum atomic E-state index is -0.316. The molecule has 7 heteroatoms. The largest absolute Gasteiger partial charge is 0.494 e. The first-order chi connectivity index (χ1) is 14.6. The van der Waals surface area contributed by atoms with Gasteiger partial charge in [-0.25, -0.2) is 9.37 Å². The van der Waals surface area contributed by atoms with Crippen LogP contribution in [0.3, 0.4) is 0 Å². The second-order valence-electron chi connectivity index (χ2n) is 7.23. The lowest BCUT2D eigenvalue weighted by atomic mass is 9.95. The lowest BCUT2D eigenvalue weighted by Crippen LogP contribution is -2.24. The first kappa shape index (κ1) is 18.3. The van der Waals surface area contributed by atoms with Crippen LogP contribution in [0.5, 0.6) is 11.5 Å². The van der Waals surface area contributed by atoms with E-state index in [1.54, 1.807) is 31.6 Å². The van der Waals surface area contributed by atoms with Gasteiger partial charge in [0.2, 0.25) is 0 Å². The molecule has 150 valence electrons. The summed E-state index contributed by atoms with van der Waals surface area (Å²) in [6.07, 6.45) is 3.92. The van der Waals surface area contributed by atoms with Crippen molar-refractivity contribution in [2.45, 2.75) is 12.3 Å². The van der Waals surface area contributed by atoms with Gasteiger partial charge < -0.3 is 14.5 Å². The van der Waals surface area contributed by atoms with Gasteiger partial charge in [0.15, 0.2) is 0 Å². The summed E-state index contributed by atoms with van der Waals surface area (Å²) in [5.41, 5.74) is 2.75. The molecular weight excluding hydrogens is 385 g/mol. The second-order valence-corrected chi connectivity index (χ2v) is 7.23. The molecule has 1 unspecified atom stereocenters. The van der Waals surface area contributed by atoms with Crippen molar-refractivity contribution in [1.82, 2.24) is 15.0 Å². The molecule has 0 amide bonds. The van der Waals surface area contributed by atoms with Crippen LogP contribution in [0.2, 0.25) is 0 Å². The number of halogens is 1. The zero-order chi connectivity index (χ0) is 20.7. The Hall–Kier alpha value is -3.74.